The second kappa shape index (κ2) is 10.4. The number of carbonyl (C=O) groups is 2. The number of Topliss-reactive ketones (excluding diaryl/α,β-unsaturated/α-hetero) is 1. The Balaban J connectivity index is 1.96. The number of anilines is 1. The molecule has 0 saturated carbocycles. The quantitative estimate of drug-likeness (QED) is 0.227. The molecule has 8 heteroatoms. The number of ketones is 1. The number of halogens is 1. The van der Waals surface area contributed by atoms with Gasteiger partial charge in [-0.15, -0.1) is 0 Å². The van der Waals surface area contributed by atoms with E-state index < -0.39 is 23.5 Å². The van der Waals surface area contributed by atoms with Crippen LogP contribution in [0.1, 0.15) is 43.5 Å². The van der Waals surface area contributed by atoms with Crippen molar-refractivity contribution >= 4 is 34.7 Å². The van der Waals surface area contributed by atoms with E-state index >= 15 is 0 Å². The number of hydrogen-bond acceptors (Lipinski definition) is 6. The Bertz CT molecular complexity index is 1400. The molecular formula is C30H30ClNO6. The lowest BCUT2D eigenvalue weighted by Gasteiger charge is -2.27. The molecule has 1 aliphatic heterocycles. The summed E-state index contributed by atoms with van der Waals surface area (Å²) in [6.07, 6.45) is 0. The van der Waals surface area contributed by atoms with Crippen LogP contribution in [0.5, 0.6) is 17.2 Å². The molecule has 0 aliphatic carbocycles. The van der Waals surface area contributed by atoms with Crippen molar-refractivity contribution in [1.82, 2.24) is 0 Å². The first-order valence-corrected chi connectivity index (χ1v) is 12.4. The van der Waals surface area contributed by atoms with Gasteiger partial charge in [-0.05, 0) is 46.9 Å². The molecule has 198 valence electrons. The molecule has 38 heavy (non-hydrogen) atoms. The Kier molecular flexibility index (Phi) is 7.42. The lowest BCUT2D eigenvalue weighted by atomic mass is 9.87. The first-order chi connectivity index (χ1) is 18.0. The number of aliphatic hydroxyl groups is 1. The van der Waals surface area contributed by atoms with Gasteiger partial charge in [0.2, 0.25) is 0 Å². The topological polar surface area (TPSA) is 85.3 Å². The Morgan fingerprint density at radius 1 is 0.868 bits per heavy atom. The number of nitrogens with zero attached hydrogens (tertiary/aromatic N) is 1. The molecule has 1 N–H and O–H groups in total. The highest BCUT2D eigenvalue weighted by Crippen LogP contribution is 2.45. The molecule has 1 aliphatic rings. The number of ether oxygens (including phenoxy) is 3. The minimum atomic E-state index is -0.909. The monoisotopic (exact) mass is 535 g/mol. The molecule has 3 aromatic rings. The molecule has 1 heterocycles. The molecular weight excluding hydrogens is 506 g/mol. The van der Waals surface area contributed by atoms with Crippen molar-refractivity contribution in [2.45, 2.75) is 32.2 Å². The normalized spacial score (nSPS) is 17.0. The molecule has 0 aromatic heterocycles. The van der Waals surface area contributed by atoms with Crippen LogP contribution < -0.4 is 19.1 Å². The van der Waals surface area contributed by atoms with Crippen LogP contribution in [-0.2, 0) is 15.0 Å². The summed E-state index contributed by atoms with van der Waals surface area (Å²) in [5.74, 6) is -0.853. The lowest BCUT2D eigenvalue weighted by Crippen LogP contribution is -2.29. The van der Waals surface area contributed by atoms with Gasteiger partial charge >= 0.3 is 0 Å². The Hall–Kier alpha value is -3.97. The predicted octanol–water partition coefficient (Wildman–Crippen LogP) is 6.29. The molecule has 7 nitrogen and oxygen atoms in total. The van der Waals surface area contributed by atoms with Gasteiger partial charge in [0.15, 0.2) is 0 Å². The fraction of sp³-hybridized carbons (Fsp3) is 0.267. The smallest absolute Gasteiger partial charge is 0.300 e. The van der Waals surface area contributed by atoms with Crippen molar-refractivity contribution < 1.29 is 28.9 Å². The molecule has 1 unspecified atom stereocenters. The second-order valence-electron chi connectivity index (χ2n) is 9.93. The molecule has 4 rings (SSSR count). The third kappa shape index (κ3) is 4.82. The van der Waals surface area contributed by atoms with E-state index in [-0.39, 0.29) is 33.1 Å². The molecule has 0 spiro atoms. The van der Waals surface area contributed by atoms with Gasteiger partial charge in [0.1, 0.15) is 23.0 Å². The summed E-state index contributed by atoms with van der Waals surface area (Å²) in [4.78, 5) is 28.4. The van der Waals surface area contributed by atoms with Crippen molar-refractivity contribution in [3.05, 3.63) is 87.9 Å². The van der Waals surface area contributed by atoms with Crippen molar-refractivity contribution in [2.24, 2.45) is 0 Å². The number of methoxy groups -OCH3 is 3. The second-order valence-corrected chi connectivity index (χ2v) is 10.3. The van der Waals surface area contributed by atoms with E-state index in [4.69, 9.17) is 25.8 Å². The molecule has 3 aromatic carbocycles. The number of rotatable bonds is 6. The summed E-state index contributed by atoms with van der Waals surface area (Å²) in [6, 6.07) is 16.6. The largest absolute Gasteiger partial charge is 0.507 e. The van der Waals surface area contributed by atoms with E-state index in [1.165, 1.54) is 31.3 Å². The van der Waals surface area contributed by atoms with Crippen LogP contribution in [0.25, 0.3) is 5.76 Å². The van der Waals surface area contributed by atoms with E-state index in [9.17, 15) is 14.7 Å². The van der Waals surface area contributed by atoms with E-state index in [1.54, 1.807) is 31.4 Å². The van der Waals surface area contributed by atoms with Gasteiger partial charge in [0, 0.05) is 11.8 Å². The zero-order valence-electron chi connectivity index (χ0n) is 22.2. The van der Waals surface area contributed by atoms with E-state index in [0.717, 1.165) is 5.56 Å². The van der Waals surface area contributed by atoms with Gasteiger partial charge in [-0.1, -0.05) is 56.6 Å². The summed E-state index contributed by atoms with van der Waals surface area (Å²) in [5.41, 5.74) is 2.23. The van der Waals surface area contributed by atoms with Crippen LogP contribution in [0.15, 0.2) is 66.2 Å². The van der Waals surface area contributed by atoms with Crippen LogP contribution >= 0.6 is 11.6 Å². The van der Waals surface area contributed by atoms with Gasteiger partial charge in [0.05, 0.1) is 43.5 Å². The first-order valence-electron chi connectivity index (χ1n) is 12.0. The van der Waals surface area contributed by atoms with Crippen LogP contribution in [0, 0.1) is 0 Å². The molecule has 0 radical (unpaired) electrons. The molecule has 1 atom stereocenters. The van der Waals surface area contributed by atoms with Crippen molar-refractivity contribution in [3.8, 4) is 17.2 Å². The highest BCUT2D eigenvalue weighted by molar-refractivity contribution is 6.51. The average molecular weight is 536 g/mol. The summed E-state index contributed by atoms with van der Waals surface area (Å²) in [7, 11) is 4.42. The van der Waals surface area contributed by atoms with Gasteiger partial charge in [-0.3, -0.25) is 14.5 Å². The highest BCUT2D eigenvalue weighted by atomic mass is 35.5. The molecule has 1 amide bonds. The van der Waals surface area contributed by atoms with Crippen LogP contribution in [0.3, 0.4) is 0 Å². The minimum absolute atomic E-state index is 0.0808. The van der Waals surface area contributed by atoms with Crippen molar-refractivity contribution in [2.75, 3.05) is 26.2 Å². The highest BCUT2D eigenvalue weighted by Gasteiger charge is 2.47. The maximum atomic E-state index is 13.5. The summed E-state index contributed by atoms with van der Waals surface area (Å²) >= 11 is 6.25. The summed E-state index contributed by atoms with van der Waals surface area (Å²) in [6.45, 7) is 6.29. The van der Waals surface area contributed by atoms with Gasteiger partial charge in [-0.25, -0.2) is 0 Å². The number of benzene rings is 3. The third-order valence-corrected chi connectivity index (χ3v) is 6.91. The lowest BCUT2D eigenvalue weighted by molar-refractivity contribution is -0.132. The third-order valence-electron chi connectivity index (χ3n) is 6.62. The van der Waals surface area contributed by atoms with E-state index in [0.29, 0.717) is 17.0 Å². The van der Waals surface area contributed by atoms with E-state index in [1.807, 2.05) is 24.3 Å². The SMILES string of the molecule is COc1ccc(C2/C(=C(\O)c3cc(OC)c(Cl)cc3OC)C(=O)C(=O)N2c2ccc(C(C)(C)C)cc2)cc1. The van der Waals surface area contributed by atoms with Crippen LogP contribution in [0.4, 0.5) is 5.69 Å². The number of hydrogen-bond donors (Lipinski definition) is 1. The predicted molar refractivity (Wildman–Crippen MR) is 147 cm³/mol. The van der Waals surface area contributed by atoms with Gasteiger partial charge < -0.3 is 19.3 Å². The fourth-order valence-corrected chi connectivity index (χ4v) is 4.74. The fourth-order valence-electron chi connectivity index (χ4n) is 4.51. The average Bonchev–Trinajstić information content (AvgIpc) is 3.17. The molecule has 1 saturated heterocycles. The van der Waals surface area contributed by atoms with Crippen LogP contribution in [-0.4, -0.2) is 38.1 Å². The van der Waals surface area contributed by atoms with Crippen molar-refractivity contribution in [1.29, 1.82) is 0 Å². The maximum absolute atomic E-state index is 13.5. The van der Waals surface area contributed by atoms with E-state index in [2.05, 4.69) is 20.8 Å². The Labute approximate surface area is 227 Å². The Morgan fingerprint density at radius 2 is 1.47 bits per heavy atom. The standard InChI is InChI=1S/C30H30ClNO6/c1-30(2,3)18-9-11-19(12-10-18)32-26(17-7-13-20(36-4)14-8-17)25(28(34)29(32)35)27(33)21-15-24(38-6)22(31)16-23(21)37-5/h7-16,26,33H,1-6H3/b27-25+. The zero-order chi connectivity index (χ0) is 27.8. The Morgan fingerprint density at radius 3 is 2.00 bits per heavy atom. The van der Waals surface area contributed by atoms with Gasteiger partial charge in [0.25, 0.3) is 11.7 Å². The first kappa shape index (κ1) is 27.1. The number of amides is 1. The minimum Gasteiger partial charge on any atom is -0.507 e. The molecule has 1 fully saturated rings. The molecule has 0 bridgehead atoms. The number of carbonyl (C=O) groups excluding carboxylic acids is 2. The summed E-state index contributed by atoms with van der Waals surface area (Å²) in [5, 5.41) is 11.8. The van der Waals surface area contributed by atoms with Crippen molar-refractivity contribution in [3.63, 3.8) is 0 Å². The maximum Gasteiger partial charge on any atom is 0.300 e. The zero-order valence-corrected chi connectivity index (χ0v) is 22.9. The van der Waals surface area contributed by atoms with Gasteiger partial charge in [-0.2, -0.15) is 0 Å². The van der Waals surface area contributed by atoms with Crippen LogP contribution in [0.2, 0.25) is 5.02 Å². The number of aliphatic hydroxyl groups excluding tert-OH is 1. The summed E-state index contributed by atoms with van der Waals surface area (Å²) < 4.78 is 16.0.